The molecule has 0 aliphatic rings. The molecular formula is C16H19BrN2O. The molecule has 3 nitrogen and oxygen atoms in total. The number of para-hydroxylation sites is 2. The van der Waals surface area contributed by atoms with E-state index in [2.05, 4.69) is 46.1 Å². The number of rotatable bonds is 6. The van der Waals surface area contributed by atoms with Gasteiger partial charge in [-0.3, -0.25) is 4.90 Å². The van der Waals surface area contributed by atoms with Crippen molar-refractivity contribution in [3.63, 3.8) is 0 Å². The third kappa shape index (κ3) is 4.25. The zero-order chi connectivity index (χ0) is 14.4. The number of nitrogens with two attached hydrogens (primary N) is 1. The van der Waals surface area contributed by atoms with Crippen LogP contribution in [-0.2, 0) is 6.54 Å². The summed E-state index contributed by atoms with van der Waals surface area (Å²) in [5.41, 5.74) is 7.79. The average Bonchev–Trinajstić information content (AvgIpc) is 2.43. The van der Waals surface area contributed by atoms with E-state index >= 15 is 0 Å². The number of likely N-dealkylation sites (N-methyl/N-ethyl adjacent to an activating group) is 1. The van der Waals surface area contributed by atoms with Gasteiger partial charge in [-0.05, 0) is 30.8 Å². The Labute approximate surface area is 128 Å². The van der Waals surface area contributed by atoms with Gasteiger partial charge in [-0.15, -0.1) is 0 Å². The Hall–Kier alpha value is -1.52. The molecule has 2 aromatic rings. The van der Waals surface area contributed by atoms with Crippen LogP contribution in [0.2, 0.25) is 0 Å². The number of anilines is 1. The molecule has 0 saturated heterocycles. The second kappa shape index (κ2) is 7.31. The van der Waals surface area contributed by atoms with Crippen molar-refractivity contribution >= 4 is 21.6 Å². The number of hydrogen-bond donors (Lipinski definition) is 1. The molecule has 4 heteroatoms. The highest BCUT2D eigenvalue weighted by molar-refractivity contribution is 9.10. The summed E-state index contributed by atoms with van der Waals surface area (Å²) in [6.07, 6.45) is 0. The van der Waals surface area contributed by atoms with E-state index < -0.39 is 0 Å². The molecule has 0 aliphatic carbocycles. The van der Waals surface area contributed by atoms with E-state index in [0.29, 0.717) is 12.3 Å². The Kier molecular flexibility index (Phi) is 5.44. The highest BCUT2D eigenvalue weighted by Crippen LogP contribution is 2.20. The van der Waals surface area contributed by atoms with Crippen molar-refractivity contribution in [2.75, 3.05) is 25.9 Å². The summed E-state index contributed by atoms with van der Waals surface area (Å²) in [6, 6.07) is 15.8. The molecule has 106 valence electrons. The minimum atomic E-state index is 0.620. The van der Waals surface area contributed by atoms with Crippen LogP contribution in [0, 0.1) is 0 Å². The second-order valence-electron chi connectivity index (χ2n) is 4.72. The van der Waals surface area contributed by atoms with Gasteiger partial charge in [0, 0.05) is 17.6 Å². The maximum absolute atomic E-state index is 5.84. The molecule has 20 heavy (non-hydrogen) atoms. The smallest absolute Gasteiger partial charge is 0.142 e. The SMILES string of the molecule is CN(CCOc1ccccc1N)Cc1ccccc1Br. The van der Waals surface area contributed by atoms with Gasteiger partial charge in [-0.25, -0.2) is 0 Å². The van der Waals surface area contributed by atoms with Crippen LogP contribution < -0.4 is 10.5 Å². The van der Waals surface area contributed by atoms with Crippen molar-refractivity contribution in [2.45, 2.75) is 6.54 Å². The highest BCUT2D eigenvalue weighted by atomic mass is 79.9. The third-order valence-corrected chi connectivity index (χ3v) is 3.82. The zero-order valence-electron chi connectivity index (χ0n) is 11.6. The minimum Gasteiger partial charge on any atom is -0.490 e. The topological polar surface area (TPSA) is 38.5 Å². The van der Waals surface area contributed by atoms with Gasteiger partial charge < -0.3 is 10.5 Å². The molecule has 0 radical (unpaired) electrons. The van der Waals surface area contributed by atoms with Gasteiger partial charge in [0.1, 0.15) is 12.4 Å². The van der Waals surface area contributed by atoms with Crippen LogP contribution >= 0.6 is 15.9 Å². The maximum Gasteiger partial charge on any atom is 0.142 e. The molecule has 0 saturated carbocycles. The van der Waals surface area contributed by atoms with E-state index in [9.17, 15) is 0 Å². The fourth-order valence-corrected chi connectivity index (χ4v) is 2.33. The van der Waals surface area contributed by atoms with E-state index in [-0.39, 0.29) is 0 Å². The van der Waals surface area contributed by atoms with Crippen LogP contribution in [0.1, 0.15) is 5.56 Å². The van der Waals surface area contributed by atoms with Gasteiger partial charge in [0.15, 0.2) is 0 Å². The molecule has 0 bridgehead atoms. The number of halogens is 1. The standard InChI is InChI=1S/C16H19BrN2O/c1-19(12-13-6-2-3-7-14(13)17)10-11-20-16-9-5-4-8-15(16)18/h2-9H,10-12,18H2,1H3. The van der Waals surface area contributed by atoms with Crippen molar-refractivity contribution in [2.24, 2.45) is 0 Å². The van der Waals surface area contributed by atoms with Crippen LogP contribution in [0.3, 0.4) is 0 Å². The number of hydrogen-bond acceptors (Lipinski definition) is 3. The summed E-state index contributed by atoms with van der Waals surface area (Å²) in [5.74, 6) is 0.752. The lowest BCUT2D eigenvalue weighted by atomic mass is 10.2. The lowest BCUT2D eigenvalue weighted by molar-refractivity contribution is 0.233. The van der Waals surface area contributed by atoms with E-state index in [1.165, 1.54) is 5.56 Å². The van der Waals surface area contributed by atoms with Crippen molar-refractivity contribution in [3.05, 3.63) is 58.6 Å². The monoisotopic (exact) mass is 334 g/mol. The Bertz CT molecular complexity index is 560. The van der Waals surface area contributed by atoms with Gasteiger partial charge in [0.25, 0.3) is 0 Å². The van der Waals surface area contributed by atoms with Crippen LogP contribution in [0.5, 0.6) is 5.75 Å². The van der Waals surface area contributed by atoms with Crippen LogP contribution in [0.15, 0.2) is 53.0 Å². The summed E-state index contributed by atoms with van der Waals surface area (Å²) in [5, 5.41) is 0. The minimum absolute atomic E-state index is 0.620. The molecule has 2 rings (SSSR count). The maximum atomic E-state index is 5.84. The Morgan fingerprint density at radius 2 is 1.80 bits per heavy atom. The molecule has 2 N–H and O–H groups in total. The Morgan fingerprint density at radius 3 is 2.55 bits per heavy atom. The summed E-state index contributed by atoms with van der Waals surface area (Å²) < 4.78 is 6.84. The van der Waals surface area contributed by atoms with Gasteiger partial charge in [0.05, 0.1) is 5.69 Å². The number of ether oxygens (including phenoxy) is 1. The number of benzene rings is 2. The summed E-state index contributed by atoms with van der Waals surface area (Å²) >= 11 is 3.56. The summed E-state index contributed by atoms with van der Waals surface area (Å²) in [6.45, 7) is 2.35. The van der Waals surface area contributed by atoms with Gasteiger partial charge >= 0.3 is 0 Å². The van der Waals surface area contributed by atoms with Gasteiger partial charge in [0.2, 0.25) is 0 Å². The average molecular weight is 335 g/mol. The molecule has 0 atom stereocenters. The predicted octanol–water partition coefficient (Wildman–Crippen LogP) is 3.54. The van der Waals surface area contributed by atoms with Crippen LogP contribution in [-0.4, -0.2) is 25.1 Å². The molecule has 0 amide bonds. The quantitative estimate of drug-likeness (QED) is 0.821. The molecule has 0 spiro atoms. The van der Waals surface area contributed by atoms with E-state index in [1.807, 2.05) is 30.3 Å². The third-order valence-electron chi connectivity index (χ3n) is 3.05. The Morgan fingerprint density at radius 1 is 1.10 bits per heavy atom. The number of nitrogens with zero attached hydrogens (tertiary/aromatic N) is 1. The molecule has 0 aliphatic heterocycles. The summed E-state index contributed by atoms with van der Waals surface area (Å²) in [7, 11) is 2.08. The molecule has 0 aromatic heterocycles. The fourth-order valence-electron chi connectivity index (χ4n) is 1.92. The largest absolute Gasteiger partial charge is 0.490 e. The highest BCUT2D eigenvalue weighted by Gasteiger charge is 2.04. The van der Waals surface area contributed by atoms with Crippen molar-refractivity contribution < 1.29 is 4.74 Å². The molecular weight excluding hydrogens is 316 g/mol. The molecule has 0 unspecified atom stereocenters. The van der Waals surface area contributed by atoms with Gasteiger partial charge in [-0.1, -0.05) is 46.3 Å². The first-order valence-electron chi connectivity index (χ1n) is 6.56. The first kappa shape index (κ1) is 14.9. The van der Waals surface area contributed by atoms with Crippen molar-refractivity contribution in [1.82, 2.24) is 4.90 Å². The first-order chi connectivity index (χ1) is 9.66. The lowest BCUT2D eigenvalue weighted by Crippen LogP contribution is -2.24. The molecule has 0 fully saturated rings. The normalized spacial score (nSPS) is 10.8. The fraction of sp³-hybridized carbons (Fsp3) is 0.250. The van der Waals surface area contributed by atoms with E-state index in [4.69, 9.17) is 10.5 Å². The van der Waals surface area contributed by atoms with Crippen LogP contribution in [0.25, 0.3) is 0 Å². The van der Waals surface area contributed by atoms with Gasteiger partial charge in [-0.2, -0.15) is 0 Å². The molecule has 2 aromatic carbocycles. The predicted molar refractivity (Wildman–Crippen MR) is 86.8 cm³/mol. The Balaban J connectivity index is 1.80. The zero-order valence-corrected chi connectivity index (χ0v) is 13.1. The van der Waals surface area contributed by atoms with E-state index in [1.54, 1.807) is 0 Å². The lowest BCUT2D eigenvalue weighted by Gasteiger charge is -2.18. The molecule has 0 heterocycles. The van der Waals surface area contributed by atoms with E-state index in [0.717, 1.165) is 23.3 Å². The first-order valence-corrected chi connectivity index (χ1v) is 7.35. The summed E-state index contributed by atoms with van der Waals surface area (Å²) in [4.78, 5) is 2.22. The van der Waals surface area contributed by atoms with Crippen molar-refractivity contribution in [3.8, 4) is 5.75 Å². The second-order valence-corrected chi connectivity index (χ2v) is 5.57. The number of nitrogen functional groups attached to an aromatic ring is 1. The van der Waals surface area contributed by atoms with Crippen LogP contribution in [0.4, 0.5) is 5.69 Å². The van der Waals surface area contributed by atoms with Crippen molar-refractivity contribution in [1.29, 1.82) is 0 Å².